The number of ether oxygens (including phenoxy) is 1. The number of carboxylic acids is 1. The summed E-state index contributed by atoms with van der Waals surface area (Å²) in [6, 6.07) is 14.3. The number of likely N-dealkylation sites (N-methyl/N-ethyl adjacent to an activating group) is 1. The van der Waals surface area contributed by atoms with Crippen molar-refractivity contribution < 1.29 is 41.0 Å². The largest absolute Gasteiger partial charge is 0.477 e. The van der Waals surface area contributed by atoms with Gasteiger partial charge in [-0.25, -0.2) is 18.0 Å². The van der Waals surface area contributed by atoms with Gasteiger partial charge in [0.05, 0.1) is 12.7 Å². The topological polar surface area (TPSA) is 123 Å². The molecule has 1 unspecified atom stereocenters. The highest BCUT2D eigenvalue weighted by Gasteiger charge is 2.44. The zero-order chi connectivity index (χ0) is 30.6. The van der Waals surface area contributed by atoms with Gasteiger partial charge in [-0.1, -0.05) is 54.6 Å². The normalized spacial score (nSPS) is 16.6. The second-order valence-electron chi connectivity index (χ2n) is 9.73. The van der Waals surface area contributed by atoms with Crippen LogP contribution in [0.4, 0.5) is 13.2 Å². The molecule has 3 aromatic carbocycles. The number of fused-ring (bicyclic) bond motifs is 2. The molecule has 1 aromatic heterocycles. The van der Waals surface area contributed by atoms with Crippen LogP contribution in [-0.2, 0) is 32.2 Å². The van der Waals surface area contributed by atoms with Crippen molar-refractivity contribution in [3.8, 4) is 11.1 Å². The summed E-state index contributed by atoms with van der Waals surface area (Å²) in [5.74, 6) is -2.77. The lowest BCUT2D eigenvalue weighted by atomic mass is 9.90. The third kappa shape index (κ3) is 4.73. The molecule has 4 aromatic rings. The van der Waals surface area contributed by atoms with E-state index in [-0.39, 0.29) is 17.5 Å². The standard InChI is InChI=1S/C29H23F3N2O7S/c1-33-15-22(28(38)41-2)34-25(35)24(27(36)37)21(14-17-9-5-8-16-7-3-4-12-20(16)17)23(26(34)42(33,39)40)18-10-6-11-19(13-18)29(30,31)32/h3-13,22H,14-15H2,1-2H3,(H,36,37). The molecule has 42 heavy (non-hydrogen) atoms. The van der Waals surface area contributed by atoms with Gasteiger partial charge < -0.3 is 9.84 Å². The van der Waals surface area contributed by atoms with Gasteiger partial charge in [0.25, 0.3) is 15.6 Å². The first kappa shape index (κ1) is 29.0. The number of hydrogen-bond donors (Lipinski definition) is 1. The smallest absolute Gasteiger partial charge is 0.416 e. The number of nitrogens with zero attached hydrogens (tertiary/aromatic N) is 2. The first-order valence-corrected chi connectivity index (χ1v) is 13.9. The first-order chi connectivity index (χ1) is 19.8. The lowest BCUT2D eigenvalue weighted by molar-refractivity contribution is -0.145. The Balaban J connectivity index is 1.99. The first-order valence-electron chi connectivity index (χ1n) is 12.5. The van der Waals surface area contributed by atoms with Gasteiger partial charge in [-0.2, -0.15) is 17.5 Å². The van der Waals surface area contributed by atoms with Gasteiger partial charge in [-0.3, -0.25) is 9.36 Å². The Morgan fingerprint density at radius 3 is 2.38 bits per heavy atom. The number of aromatic nitrogens is 1. The Hall–Kier alpha value is -4.49. The van der Waals surface area contributed by atoms with Crippen molar-refractivity contribution in [1.82, 2.24) is 8.87 Å². The van der Waals surface area contributed by atoms with Gasteiger partial charge in [-0.15, -0.1) is 0 Å². The monoisotopic (exact) mass is 600 g/mol. The molecule has 1 atom stereocenters. The van der Waals surface area contributed by atoms with Crippen LogP contribution in [0.1, 0.15) is 33.1 Å². The molecule has 1 aliphatic rings. The van der Waals surface area contributed by atoms with Crippen LogP contribution in [0.2, 0.25) is 0 Å². The van der Waals surface area contributed by atoms with E-state index in [4.69, 9.17) is 4.74 Å². The molecule has 13 heteroatoms. The fraction of sp³-hybridized carbons (Fsp3) is 0.207. The zero-order valence-electron chi connectivity index (χ0n) is 22.2. The summed E-state index contributed by atoms with van der Waals surface area (Å²) in [5.41, 5.74) is -3.82. The molecule has 5 rings (SSSR count). The van der Waals surface area contributed by atoms with Crippen molar-refractivity contribution >= 4 is 32.7 Å². The number of halogens is 3. The number of pyridine rings is 1. The van der Waals surface area contributed by atoms with Gasteiger partial charge in [0.2, 0.25) is 0 Å². The van der Waals surface area contributed by atoms with E-state index in [0.717, 1.165) is 36.0 Å². The Bertz CT molecular complexity index is 1930. The van der Waals surface area contributed by atoms with E-state index >= 15 is 0 Å². The molecule has 0 fully saturated rings. The van der Waals surface area contributed by atoms with Gasteiger partial charge >= 0.3 is 18.1 Å². The molecule has 0 saturated heterocycles. The van der Waals surface area contributed by atoms with E-state index in [2.05, 4.69) is 0 Å². The van der Waals surface area contributed by atoms with Gasteiger partial charge in [0, 0.05) is 19.2 Å². The summed E-state index contributed by atoms with van der Waals surface area (Å²) in [5, 5.41) is 10.9. The molecule has 0 radical (unpaired) electrons. The van der Waals surface area contributed by atoms with Crippen LogP contribution in [0, 0.1) is 0 Å². The van der Waals surface area contributed by atoms with E-state index in [1.807, 2.05) is 0 Å². The van der Waals surface area contributed by atoms with E-state index < -0.39 is 68.0 Å². The van der Waals surface area contributed by atoms with Crippen LogP contribution in [0.5, 0.6) is 0 Å². The van der Waals surface area contributed by atoms with Crippen LogP contribution < -0.4 is 5.56 Å². The van der Waals surface area contributed by atoms with Gasteiger partial charge in [0.15, 0.2) is 5.03 Å². The Labute approximate surface area is 237 Å². The van der Waals surface area contributed by atoms with Crippen molar-refractivity contribution in [2.75, 3.05) is 20.7 Å². The second kappa shape index (κ2) is 10.4. The summed E-state index contributed by atoms with van der Waals surface area (Å²) in [6.45, 7) is -0.564. The van der Waals surface area contributed by atoms with Crippen molar-refractivity contribution in [1.29, 1.82) is 0 Å². The molecule has 1 N–H and O–H groups in total. The minimum absolute atomic E-state index is 0.297. The van der Waals surface area contributed by atoms with Crippen molar-refractivity contribution in [3.63, 3.8) is 0 Å². The fourth-order valence-corrected chi connectivity index (χ4v) is 6.91. The van der Waals surface area contributed by atoms with E-state index in [9.17, 15) is 41.1 Å². The minimum Gasteiger partial charge on any atom is -0.477 e. The molecule has 0 saturated carbocycles. The molecule has 0 bridgehead atoms. The molecular formula is C29H23F3N2O7S. The maximum absolute atomic E-state index is 13.9. The number of alkyl halides is 3. The summed E-state index contributed by atoms with van der Waals surface area (Å²) in [6.07, 6.45) is -5.14. The predicted octanol–water partition coefficient (Wildman–Crippen LogP) is 4.32. The number of esters is 1. The number of aromatic carboxylic acids is 1. The van der Waals surface area contributed by atoms with E-state index in [1.165, 1.54) is 6.07 Å². The number of carbonyl (C=O) groups is 2. The molecule has 218 valence electrons. The average Bonchev–Trinajstić information content (AvgIpc) is 2.94. The Kier molecular flexibility index (Phi) is 7.19. The third-order valence-electron chi connectivity index (χ3n) is 7.28. The average molecular weight is 601 g/mol. The van der Waals surface area contributed by atoms with Crippen LogP contribution >= 0.6 is 0 Å². The fourth-order valence-electron chi connectivity index (χ4n) is 5.32. The van der Waals surface area contributed by atoms with Crippen LogP contribution in [0.3, 0.4) is 0 Å². The molecule has 0 spiro atoms. The zero-order valence-corrected chi connectivity index (χ0v) is 23.0. The third-order valence-corrected chi connectivity index (χ3v) is 9.14. The molecule has 0 aliphatic carbocycles. The number of benzene rings is 3. The number of rotatable bonds is 5. The van der Waals surface area contributed by atoms with E-state index in [1.54, 1.807) is 42.5 Å². The van der Waals surface area contributed by atoms with Crippen molar-refractivity contribution in [2.45, 2.75) is 23.7 Å². The number of carbonyl (C=O) groups excluding carboxylic acids is 1. The highest BCUT2D eigenvalue weighted by Crippen LogP contribution is 2.41. The number of methoxy groups -OCH3 is 1. The summed E-state index contributed by atoms with van der Waals surface area (Å²) >= 11 is 0. The molecule has 9 nitrogen and oxygen atoms in total. The number of sulfonamides is 1. The van der Waals surface area contributed by atoms with Crippen molar-refractivity contribution in [2.24, 2.45) is 0 Å². The predicted molar refractivity (Wildman–Crippen MR) is 146 cm³/mol. The maximum Gasteiger partial charge on any atom is 0.416 e. The number of carboxylic acid groups (broad SMARTS) is 1. The summed E-state index contributed by atoms with van der Waals surface area (Å²) in [7, 11) is -2.48. The highest BCUT2D eigenvalue weighted by molar-refractivity contribution is 7.89. The Morgan fingerprint density at radius 1 is 1.05 bits per heavy atom. The lowest BCUT2D eigenvalue weighted by Gasteiger charge is -2.34. The highest BCUT2D eigenvalue weighted by atomic mass is 32.2. The summed E-state index contributed by atoms with van der Waals surface area (Å²) < 4.78 is 75.2. The molecule has 1 aliphatic heterocycles. The quantitative estimate of drug-likeness (QED) is 0.339. The number of hydrogen-bond acceptors (Lipinski definition) is 6. The maximum atomic E-state index is 13.9. The Morgan fingerprint density at radius 2 is 1.71 bits per heavy atom. The van der Waals surface area contributed by atoms with Crippen molar-refractivity contribution in [3.05, 3.63) is 99.3 Å². The molecule has 0 amide bonds. The van der Waals surface area contributed by atoms with Crippen LogP contribution in [0.25, 0.3) is 21.9 Å². The second-order valence-corrected chi connectivity index (χ2v) is 11.7. The molecular weight excluding hydrogens is 577 g/mol. The van der Waals surface area contributed by atoms with Crippen LogP contribution in [0.15, 0.2) is 76.6 Å². The van der Waals surface area contributed by atoms with Gasteiger partial charge in [0.1, 0.15) is 11.6 Å². The lowest BCUT2D eigenvalue weighted by Crippen LogP contribution is -2.49. The SMILES string of the molecule is COC(=O)C1CN(C)S(=O)(=O)c2c(-c3cccc(C(F)(F)F)c3)c(Cc3cccc4ccccc34)c(C(=O)O)c(=O)n21. The minimum atomic E-state index is -4.82. The molecule has 2 heterocycles. The van der Waals surface area contributed by atoms with Gasteiger partial charge in [-0.05, 0) is 46.0 Å². The van der Waals surface area contributed by atoms with E-state index in [0.29, 0.717) is 21.6 Å². The summed E-state index contributed by atoms with van der Waals surface area (Å²) in [4.78, 5) is 39.3. The van der Waals surface area contributed by atoms with Crippen LogP contribution in [-0.4, -0.2) is 55.0 Å².